The van der Waals surface area contributed by atoms with Crippen LogP contribution >= 0.6 is 35.8 Å². The van der Waals surface area contributed by atoms with Gasteiger partial charge in [0.1, 0.15) is 0 Å². The number of carbonyl (C=O) groups is 1. The SMILES string of the molecule is CCOC(=O)c1ccc(Cl)c(Cl)c1S. The number of hydrogen-bond acceptors (Lipinski definition) is 3. The molecule has 0 N–H and O–H groups in total. The second-order valence-corrected chi connectivity index (χ2v) is 3.71. The second kappa shape index (κ2) is 4.91. The molecule has 1 aromatic rings. The number of esters is 1. The number of hydrogen-bond donors (Lipinski definition) is 1. The molecule has 2 nitrogen and oxygen atoms in total. The Hall–Kier alpha value is -0.380. The molecule has 0 fully saturated rings. The number of ether oxygens (including phenoxy) is 1. The molecule has 0 spiro atoms. The van der Waals surface area contributed by atoms with E-state index in [2.05, 4.69) is 12.6 Å². The van der Waals surface area contributed by atoms with Gasteiger partial charge in [-0.05, 0) is 19.1 Å². The predicted molar refractivity (Wildman–Crippen MR) is 59.7 cm³/mol. The first-order valence-electron chi connectivity index (χ1n) is 3.92. The zero-order valence-corrected chi connectivity index (χ0v) is 9.79. The van der Waals surface area contributed by atoms with E-state index in [4.69, 9.17) is 27.9 Å². The molecule has 0 aliphatic heterocycles. The third-order valence-electron chi connectivity index (χ3n) is 1.56. The first kappa shape index (κ1) is 11.7. The second-order valence-electron chi connectivity index (χ2n) is 2.48. The minimum atomic E-state index is -0.448. The van der Waals surface area contributed by atoms with E-state index in [1.54, 1.807) is 6.92 Å². The summed E-state index contributed by atoms with van der Waals surface area (Å²) in [4.78, 5) is 11.7. The van der Waals surface area contributed by atoms with E-state index >= 15 is 0 Å². The highest BCUT2D eigenvalue weighted by atomic mass is 35.5. The molecule has 0 bridgehead atoms. The number of halogens is 2. The van der Waals surface area contributed by atoms with E-state index in [9.17, 15) is 4.79 Å². The first-order valence-corrected chi connectivity index (χ1v) is 5.12. The highest BCUT2D eigenvalue weighted by molar-refractivity contribution is 7.80. The number of carbonyl (C=O) groups excluding carboxylic acids is 1. The summed E-state index contributed by atoms with van der Waals surface area (Å²) in [5.74, 6) is -0.448. The van der Waals surface area contributed by atoms with Crippen LogP contribution in [0.25, 0.3) is 0 Å². The topological polar surface area (TPSA) is 26.3 Å². The van der Waals surface area contributed by atoms with Crippen LogP contribution in [0.5, 0.6) is 0 Å². The minimum absolute atomic E-state index is 0.264. The predicted octanol–water partition coefficient (Wildman–Crippen LogP) is 3.46. The Morgan fingerprint density at radius 3 is 2.71 bits per heavy atom. The van der Waals surface area contributed by atoms with Crippen LogP contribution in [0.15, 0.2) is 17.0 Å². The minimum Gasteiger partial charge on any atom is -0.462 e. The summed E-state index contributed by atoms with van der Waals surface area (Å²) in [6.45, 7) is 2.04. The lowest BCUT2D eigenvalue weighted by Crippen LogP contribution is -2.05. The van der Waals surface area contributed by atoms with Crippen LogP contribution in [-0.4, -0.2) is 12.6 Å². The van der Waals surface area contributed by atoms with Crippen molar-refractivity contribution >= 4 is 41.8 Å². The van der Waals surface area contributed by atoms with Crippen molar-refractivity contribution < 1.29 is 9.53 Å². The summed E-state index contributed by atoms with van der Waals surface area (Å²) < 4.78 is 4.81. The van der Waals surface area contributed by atoms with Gasteiger partial charge in [0.15, 0.2) is 0 Å². The Labute approximate surface area is 97.6 Å². The van der Waals surface area contributed by atoms with Crippen molar-refractivity contribution in [1.29, 1.82) is 0 Å². The molecule has 0 amide bonds. The number of thiol groups is 1. The lowest BCUT2D eigenvalue weighted by molar-refractivity contribution is 0.0522. The van der Waals surface area contributed by atoms with Gasteiger partial charge in [0.05, 0.1) is 22.2 Å². The highest BCUT2D eigenvalue weighted by Gasteiger charge is 2.14. The number of rotatable bonds is 2. The Kier molecular flexibility index (Phi) is 4.11. The van der Waals surface area contributed by atoms with Gasteiger partial charge in [-0.3, -0.25) is 0 Å². The molecule has 0 heterocycles. The Morgan fingerprint density at radius 2 is 2.14 bits per heavy atom. The Morgan fingerprint density at radius 1 is 1.50 bits per heavy atom. The van der Waals surface area contributed by atoms with Crippen LogP contribution in [0, 0.1) is 0 Å². The van der Waals surface area contributed by atoms with Gasteiger partial charge >= 0.3 is 5.97 Å². The molecule has 0 radical (unpaired) electrons. The standard InChI is InChI=1S/C9H8Cl2O2S/c1-2-13-9(12)5-3-4-6(10)7(11)8(5)14/h3-4,14H,2H2,1H3. The van der Waals surface area contributed by atoms with Crippen molar-refractivity contribution in [2.45, 2.75) is 11.8 Å². The van der Waals surface area contributed by atoms with Crippen molar-refractivity contribution in [1.82, 2.24) is 0 Å². The Bertz CT molecular complexity index is 366. The first-order chi connectivity index (χ1) is 6.57. The summed E-state index contributed by atoms with van der Waals surface area (Å²) in [6, 6.07) is 3.07. The maximum Gasteiger partial charge on any atom is 0.339 e. The van der Waals surface area contributed by atoms with Crippen molar-refractivity contribution in [3.05, 3.63) is 27.7 Å². The molecule has 0 aliphatic rings. The molecule has 0 saturated carbocycles. The van der Waals surface area contributed by atoms with Crippen molar-refractivity contribution in [3.63, 3.8) is 0 Å². The van der Waals surface area contributed by atoms with Crippen molar-refractivity contribution in [3.8, 4) is 0 Å². The van der Waals surface area contributed by atoms with Gasteiger partial charge in [0.2, 0.25) is 0 Å². The van der Waals surface area contributed by atoms with Crippen LogP contribution in [-0.2, 0) is 4.74 Å². The smallest absolute Gasteiger partial charge is 0.339 e. The van der Waals surface area contributed by atoms with Crippen LogP contribution in [0.4, 0.5) is 0 Å². The fourth-order valence-corrected chi connectivity index (χ4v) is 1.59. The van der Waals surface area contributed by atoms with Gasteiger partial charge in [-0.2, -0.15) is 0 Å². The van der Waals surface area contributed by atoms with Crippen LogP contribution in [0.1, 0.15) is 17.3 Å². The van der Waals surface area contributed by atoms with E-state index in [1.165, 1.54) is 12.1 Å². The van der Waals surface area contributed by atoms with E-state index in [0.29, 0.717) is 22.1 Å². The maximum atomic E-state index is 11.4. The maximum absolute atomic E-state index is 11.4. The quantitative estimate of drug-likeness (QED) is 0.643. The normalized spacial score (nSPS) is 10.0. The molecule has 14 heavy (non-hydrogen) atoms. The highest BCUT2D eigenvalue weighted by Crippen LogP contribution is 2.31. The average molecular weight is 251 g/mol. The molecule has 0 atom stereocenters. The third-order valence-corrected chi connectivity index (χ3v) is 2.96. The molecule has 0 saturated heterocycles. The summed E-state index contributed by atoms with van der Waals surface area (Å²) in [6.07, 6.45) is 0. The van der Waals surface area contributed by atoms with E-state index in [-0.39, 0.29) is 5.02 Å². The average Bonchev–Trinajstić information content (AvgIpc) is 2.15. The monoisotopic (exact) mass is 250 g/mol. The molecule has 0 aromatic heterocycles. The fraction of sp³-hybridized carbons (Fsp3) is 0.222. The van der Waals surface area contributed by atoms with E-state index in [1.807, 2.05) is 0 Å². The zero-order chi connectivity index (χ0) is 10.7. The van der Waals surface area contributed by atoms with Crippen molar-refractivity contribution in [2.24, 2.45) is 0 Å². The van der Waals surface area contributed by atoms with Gasteiger partial charge in [0.25, 0.3) is 0 Å². The van der Waals surface area contributed by atoms with Gasteiger partial charge in [-0.25, -0.2) is 4.79 Å². The lowest BCUT2D eigenvalue weighted by Gasteiger charge is -2.06. The Balaban J connectivity index is 3.11. The number of benzene rings is 1. The van der Waals surface area contributed by atoms with Crippen LogP contribution in [0.2, 0.25) is 10.0 Å². The summed E-state index contributed by atoms with van der Waals surface area (Å²) in [7, 11) is 0. The molecule has 5 heteroatoms. The molecule has 0 aliphatic carbocycles. The van der Waals surface area contributed by atoms with E-state index < -0.39 is 5.97 Å². The molecular formula is C9H8Cl2O2S. The van der Waals surface area contributed by atoms with E-state index in [0.717, 1.165) is 0 Å². The summed E-state index contributed by atoms with van der Waals surface area (Å²) >= 11 is 15.6. The largest absolute Gasteiger partial charge is 0.462 e. The molecular weight excluding hydrogens is 243 g/mol. The van der Waals surface area contributed by atoms with Crippen LogP contribution < -0.4 is 0 Å². The van der Waals surface area contributed by atoms with Gasteiger partial charge in [-0.1, -0.05) is 23.2 Å². The van der Waals surface area contributed by atoms with Gasteiger partial charge < -0.3 is 4.74 Å². The van der Waals surface area contributed by atoms with Gasteiger partial charge in [-0.15, -0.1) is 12.6 Å². The molecule has 0 unspecified atom stereocenters. The summed E-state index contributed by atoms with van der Waals surface area (Å²) in [5, 5.41) is 0.630. The summed E-state index contributed by atoms with van der Waals surface area (Å²) in [5.41, 5.74) is 0.324. The zero-order valence-electron chi connectivity index (χ0n) is 7.38. The van der Waals surface area contributed by atoms with Crippen LogP contribution in [0.3, 0.4) is 0 Å². The van der Waals surface area contributed by atoms with Gasteiger partial charge in [0, 0.05) is 4.90 Å². The molecule has 1 aromatic carbocycles. The lowest BCUT2D eigenvalue weighted by atomic mass is 10.2. The van der Waals surface area contributed by atoms with Crippen molar-refractivity contribution in [2.75, 3.05) is 6.61 Å². The molecule has 1 rings (SSSR count). The fourth-order valence-electron chi connectivity index (χ4n) is 0.914. The third kappa shape index (κ3) is 2.35. The molecule has 76 valence electrons.